The predicted molar refractivity (Wildman–Crippen MR) is 116 cm³/mol. The second-order valence-electron chi connectivity index (χ2n) is 7.85. The van der Waals surface area contributed by atoms with E-state index in [9.17, 15) is 4.79 Å². The first-order chi connectivity index (χ1) is 13.4. The van der Waals surface area contributed by atoms with Crippen molar-refractivity contribution in [3.8, 4) is 0 Å². The van der Waals surface area contributed by atoms with Crippen LogP contribution in [0, 0.1) is 13.8 Å². The minimum atomic E-state index is 0.0345. The fourth-order valence-corrected chi connectivity index (χ4v) is 5.19. The molecule has 3 heterocycles. The van der Waals surface area contributed by atoms with Crippen LogP contribution in [0.4, 0.5) is 5.95 Å². The zero-order chi connectivity index (χ0) is 19.8. The predicted octanol–water partition coefficient (Wildman–Crippen LogP) is 4.44. The van der Waals surface area contributed by atoms with E-state index < -0.39 is 0 Å². The lowest BCUT2D eigenvalue weighted by Crippen LogP contribution is -2.30. The molecule has 1 atom stereocenters. The van der Waals surface area contributed by atoms with Gasteiger partial charge >= 0.3 is 0 Å². The summed E-state index contributed by atoms with van der Waals surface area (Å²) in [5.74, 6) is 1.13. The van der Waals surface area contributed by atoms with Gasteiger partial charge in [-0.05, 0) is 57.2 Å². The van der Waals surface area contributed by atoms with Crippen LogP contribution < -0.4 is 10.2 Å². The lowest BCUT2D eigenvalue weighted by atomic mass is 9.95. The smallest absolute Gasteiger partial charge is 0.261 e. The Bertz CT molecular complexity index is 1010. The molecule has 1 aromatic carbocycles. The van der Waals surface area contributed by atoms with Gasteiger partial charge in [-0.2, -0.15) is 0 Å². The number of hydrogen-bond acceptors (Lipinski definition) is 5. The third-order valence-corrected chi connectivity index (χ3v) is 6.30. The maximum atomic E-state index is 12.9. The molecular formula is C22H26N4OS. The van der Waals surface area contributed by atoms with Crippen LogP contribution in [0.3, 0.4) is 0 Å². The summed E-state index contributed by atoms with van der Waals surface area (Å²) in [7, 11) is 0. The van der Waals surface area contributed by atoms with Crippen molar-refractivity contribution in [2.45, 2.75) is 46.1 Å². The van der Waals surface area contributed by atoms with Gasteiger partial charge in [-0.25, -0.2) is 9.97 Å². The van der Waals surface area contributed by atoms with E-state index in [2.05, 4.69) is 38.4 Å². The summed E-state index contributed by atoms with van der Waals surface area (Å²) >= 11 is 1.60. The molecule has 0 aliphatic carbocycles. The van der Waals surface area contributed by atoms with Crippen LogP contribution in [0.2, 0.25) is 0 Å². The molecule has 1 aliphatic rings. The van der Waals surface area contributed by atoms with Crippen molar-refractivity contribution in [1.29, 1.82) is 0 Å². The molecule has 4 rings (SSSR count). The van der Waals surface area contributed by atoms with Crippen molar-refractivity contribution in [2.75, 3.05) is 18.0 Å². The lowest BCUT2D eigenvalue weighted by Gasteiger charge is -2.18. The number of carbonyl (C=O) groups is 1. The van der Waals surface area contributed by atoms with Gasteiger partial charge in [0.2, 0.25) is 5.95 Å². The van der Waals surface area contributed by atoms with Crippen LogP contribution in [-0.2, 0) is 0 Å². The second kappa shape index (κ2) is 7.51. The normalized spacial score (nSPS) is 16.9. The molecule has 6 heteroatoms. The van der Waals surface area contributed by atoms with Crippen molar-refractivity contribution in [3.63, 3.8) is 0 Å². The molecule has 1 fully saturated rings. The Morgan fingerprint density at radius 3 is 2.64 bits per heavy atom. The molecular weight excluding hydrogens is 368 g/mol. The lowest BCUT2D eigenvalue weighted by molar-refractivity contribution is 0.0946. The molecule has 5 nitrogen and oxygen atoms in total. The molecule has 0 spiro atoms. The molecule has 146 valence electrons. The SMILES string of the molecule is Cc1cc(C)nc(N2CC[C@@H](c3c(C(=O)NC(C)C)sc4ccccc34)C2)n1. The maximum Gasteiger partial charge on any atom is 0.261 e. The zero-order valence-electron chi connectivity index (χ0n) is 16.8. The second-order valence-corrected chi connectivity index (χ2v) is 8.90. The van der Waals surface area contributed by atoms with Gasteiger partial charge in [-0.15, -0.1) is 11.3 Å². The van der Waals surface area contributed by atoms with Crippen molar-refractivity contribution in [1.82, 2.24) is 15.3 Å². The molecule has 3 aromatic rings. The Balaban J connectivity index is 1.70. The summed E-state index contributed by atoms with van der Waals surface area (Å²) in [6, 6.07) is 10.5. The standard InChI is InChI=1S/C22H26N4OS/c1-13(2)23-21(27)20-19(17-7-5-6-8-18(17)28-20)16-9-10-26(12-16)22-24-14(3)11-15(4)25-22/h5-8,11,13,16H,9-10,12H2,1-4H3,(H,23,27)/t16-/m1/s1. The molecule has 1 aliphatic heterocycles. The summed E-state index contributed by atoms with van der Waals surface area (Å²) < 4.78 is 1.17. The maximum absolute atomic E-state index is 12.9. The summed E-state index contributed by atoms with van der Waals surface area (Å²) in [6.07, 6.45) is 0.999. The number of hydrogen-bond donors (Lipinski definition) is 1. The highest BCUT2D eigenvalue weighted by Crippen LogP contribution is 2.40. The third kappa shape index (κ3) is 3.61. The molecule has 2 aromatic heterocycles. The Hall–Kier alpha value is -2.47. The summed E-state index contributed by atoms with van der Waals surface area (Å²) in [5, 5.41) is 4.28. The third-order valence-electron chi connectivity index (χ3n) is 5.11. The van der Waals surface area contributed by atoms with E-state index in [1.54, 1.807) is 11.3 Å². The first kappa shape index (κ1) is 18.9. The molecule has 1 N–H and O–H groups in total. The Labute approximate surface area is 169 Å². The van der Waals surface area contributed by atoms with Gasteiger partial charge in [0.05, 0.1) is 4.88 Å². The van der Waals surface area contributed by atoms with Crippen molar-refractivity contribution in [3.05, 3.63) is 52.2 Å². The zero-order valence-corrected chi connectivity index (χ0v) is 17.6. The van der Waals surface area contributed by atoms with E-state index in [-0.39, 0.29) is 11.9 Å². The fourth-order valence-electron chi connectivity index (χ4n) is 3.99. The first-order valence-electron chi connectivity index (χ1n) is 9.82. The number of carbonyl (C=O) groups excluding carboxylic acids is 1. The first-order valence-corrected chi connectivity index (χ1v) is 10.6. The van der Waals surface area contributed by atoms with Gasteiger partial charge in [0.1, 0.15) is 0 Å². The van der Waals surface area contributed by atoms with Gasteiger partial charge in [-0.3, -0.25) is 4.79 Å². The molecule has 1 saturated heterocycles. The molecule has 28 heavy (non-hydrogen) atoms. The number of nitrogens with zero attached hydrogens (tertiary/aromatic N) is 3. The Morgan fingerprint density at radius 2 is 1.93 bits per heavy atom. The van der Waals surface area contributed by atoms with Crippen LogP contribution in [0.25, 0.3) is 10.1 Å². The topological polar surface area (TPSA) is 58.1 Å². The van der Waals surface area contributed by atoms with Gasteiger partial charge in [0.25, 0.3) is 5.91 Å². The van der Waals surface area contributed by atoms with E-state index >= 15 is 0 Å². The van der Waals surface area contributed by atoms with Gasteiger partial charge in [0.15, 0.2) is 0 Å². The van der Waals surface area contributed by atoms with Crippen LogP contribution in [0.5, 0.6) is 0 Å². The van der Waals surface area contributed by atoms with Crippen molar-refractivity contribution in [2.24, 2.45) is 0 Å². The summed E-state index contributed by atoms with van der Waals surface area (Å²) in [4.78, 5) is 25.3. The van der Waals surface area contributed by atoms with E-state index in [0.29, 0.717) is 5.92 Å². The van der Waals surface area contributed by atoms with Crippen LogP contribution >= 0.6 is 11.3 Å². The highest BCUT2D eigenvalue weighted by Gasteiger charge is 2.31. The van der Waals surface area contributed by atoms with Gasteiger partial charge < -0.3 is 10.2 Å². The average molecular weight is 395 g/mol. The summed E-state index contributed by atoms with van der Waals surface area (Å²) in [6.45, 7) is 9.76. The Kier molecular flexibility index (Phi) is 5.06. The number of amides is 1. The minimum Gasteiger partial charge on any atom is -0.349 e. The van der Waals surface area contributed by atoms with Crippen LogP contribution in [0.1, 0.15) is 52.8 Å². The number of aryl methyl sites for hydroxylation is 2. The van der Waals surface area contributed by atoms with E-state index in [4.69, 9.17) is 0 Å². The summed E-state index contributed by atoms with van der Waals surface area (Å²) in [5.41, 5.74) is 3.17. The molecule has 0 bridgehead atoms. The number of thiophene rings is 1. The van der Waals surface area contributed by atoms with Gasteiger partial charge in [0, 0.05) is 41.1 Å². The highest BCUT2D eigenvalue weighted by atomic mass is 32.1. The van der Waals surface area contributed by atoms with E-state index in [1.165, 1.54) is 15.6 Å². The van der Waals surface area contributed by atoms with E-state index in [1.807, 2.05) is 39.8 Å². The molecule has 0 radical (unpaired) electrons. The number of fused-ring (bicyclic) bond motifs is 1. The van der Waals surface area contributed by atoms with Crippen LogP contribution in [-0.4, -0.2) is 35.0 Å². The number of nitrogens with one attached hydrogen (secondary N) is 1. The quantitative estimate of drug-likeness (QED) is 0.711. The number of anilines is 1. The van der Waals surface area contributed by atoms with Crippen molar-refractivity contribution < 1.29 is 4.79 Å². The number of rotatable bonds is 4. The molecule has 0 unspecified atom stereocenters. The number of benzene rings is 1. The largest absolute Gasteiger partial charge is 0.349 e. The average Bonchev–Trinajstić information content (AvgIpc) is 3.24. The molecule has 0 saturated carbocycles. The molecule has 1 amide bonds. The highest BCUT2D eigenvalue weighted by molar-refractivity contribution is 7.21. The minimum absolute atomic E-state index is 0.0345. The fraction of sp³-hybridized carbons (Fsp3) is 0.409. The Morgan fingerprint density at radius 1 is 1.21 bits per heavy atom. The van der Waals surface area contributed by atoms with Crippen LogP contribution in [0.15, 0.2) is 30.3 Å². The van der Waals surface area contributed by atoms with E-state index in [0.717, 1.165) is 41.7 Å². The monoisotopic (exact) mass is 394 g/mol. The van der Waals surface area contributed by atoms with Gasteiger partial charge in [-0.1, -0.05) is 18.2 Å². The number of aromatic nitrogens is 2. The van der Waals surface area contributed by atoms with Crippen molar-refractivity contribution >= 4 is 33.3 Å².